The number of anilines is 3. The van der Waals surface area contributed by atoms with Crippen LogP contribution in [0.1, 0.15) is 27.6 Å². The summed E-state index contributed by atoms with van der Waals surface area (Å²) in [6, 6.07) is 17.7. The zero-order valence-electron chi connectivity index (χ0n) is 15.0. The van der Waals surface area contributed by atoms with Gasteiger partial charge in [0.2, 0.25) is 0 Å². The molecule has 3 aromatic rings. The Balaban J connectivity index is 1.68. The fourth-order valence-corrected chi connectivity index (χ4v) is 2.47. The summed E-state index contributed by atoms with van der Waals surface area (Å²) in [7, 11) is 1.61. The van der Waals surface area contributed by atoms with Gasteiger partial charge in [0.05, 0.1) is 12.7 Å². The molecule has 0 bridgehead atoms. The van der Waals surface area contributed by atoms with Crippen LogP contribution in [-0.2, 0) is 0 Å². The lowest BCUT2D eigenvalue weighted by Gasteiger charge is -2.09. The first kappa shape index (κ1) is 18.1. The van der Waals surface area contributed by atoms with E-state index in [1.807, 2.05) is 24.3 Å². The standard InChI is InChI=1S/C21H19N3O3/c1-14(25)15-5-3-6-17(11-15)24-21(26)16-9-10-20(22-13-16)23-18-7-4-8-19(12-18)27-2/h3-13H,1-2H3,(H,22,23)(H,24,26). The first-order valence-electron chi connectivity index (χ1n) is 8.34. The van der Waals surface area contributed by atoms with Crippen LogP contribution in [-0.4, -0.2) is 23.8 Å². The largest absolute Gasteiger partial charge is 0.497 e. The third kappa shape index (κ3) is 4.70. The van der Waals surface area contributed by atoms with Crippen LogP contribution in [0.4, 0.5) is 17.2 Å². The summed E-state index contributed by atoms with van der Waals surface area (Å²) >= 11 is 0. The Labute approximate surface area is 157 Å². The molecule has 1 heterocycles. The minimum atomic E-state index is -0.295. The molecule has 6 heteroatoms. The number of aromatic nitrogens is 1. The number of hydrogen-bond acceptors (Lipinski definition) is 5. The Morgan fingerprint density at radius 2 is 1.70 bits per heavy atom. The molecule has 0 unspecified atom stereocenters. The van der Waals surface area contributed by atoms with Crippen LogP contribution in [0.5, 0.6) is 5.75 Å². The Morgan fingerprint density at radius 1 is 0.926 bits per heavy atom. The first-order valence-corrected chi connectivity index (χ1v) is 8.34. The average Bonchev–Trinajstić information content (AvgIpc) is 2.69. The number of ketones is 1. The summed E-state index contributed by atoms with van der Waals surface area (Å²) in [6.45, 7) is 1.49. The molecule has 0 aliphatic carbocycles. The van der Waals surface area contributed by atoms with Gasteiger partial charge >= 0.3 is 0 Å². The lowest BCUT2D eigenvalue weighted by molar-refractivity contribution is 0.101. The van der Waals surface area contributed by atoms with Crippen molar-refractivity contribution >= 4 is 28.9 Å². The summed E-state index contributed by atoms with van der Waals surface area (Å²) in [5.74, 6) is 0.999. The molecule has 0 aliphatic heterocycles. The maximum absolute atomic E-state index is 12.4. The fourth-order valence-electron chi connectivity index (χ4n) is 2.47. The Hall–Kier alpha value is -3.67. The van der Waals surface area contributed by atoms with E-state index < -0.39 is 0 Å². The molecule has 2 N–H and O–H groups in total. The number of carbonyl (C=O) groups is 2. The van der Waals surface area contributed by atoms with Crippen molar-refractivity contribution in [1.82, 2.24) is 4.98 Å². The number of ether oxygens (including phenoxy) is 1. The van der Waals surface area contributed by atoms with Crippen molar-refractivity contribution in [3.63, 3.8) is 0 Å². The molecule has 3 rings (SSSR count). The van der Waals surface area contributed by atoms with E-state index in [4.69, 9.17) is 4.74 Å². The maximum Gasteiger partial charge on any atom is 0.257 e. The molecule has 0 radical (unpaired) electrons. The van der Waals surface area contributed by atoms with Crippen molar-refractivity contribution in [2.75, 3.05) is 17.7 Å². The number of nitrogens with one attached hydrogen (secondary N) is 2. The van der Waals surface area contributed by atoms with Crippen LogP contribution in [0.15, 0.2) is 66.9 Å². The summed E-state index contributed by atoms with van der Waals surface area (Å²) in [4.78, 5) is 28.1. The zero-order chi connectivity index (χ0) is 19.2. The number of amides is 1. The predicted octanol–water partition coefficient (Wildman–Crippen LogP) is 4.29. The number of rotatable bonds is 6. The molecule has 1 aromatic heterocycles. The zero-order valence-corrected chi connectivity index (χ0v) is 15.0. The molecule has 27 heavy (non-hydrogen) atoms. The quantitative estimate of drug-likeness (QED) is 0.640. The predicted molar refractivity (Wildman–Crippen MR) is 105 cm³/mol. The molecule has 0 fully saturated rings. The third-order valence-corrected chi connectivity index (χ3v) is 3.89. The van der Waals surface area contributed by atoms with Gasteiger partial charge in [-0.2, -0.15) is 0 Å². The molecule has 6 nitrogen and oxygen atoms in total. The van der Waals surface area contributed by atoms with Gasteiger partial charge in [-0.3, -0.25) is 9.59 Å². The molecular formula is C21H19N3O3. The lowest BCUT2D eigenvalue weighted by atomic mass is 10.1. The second-order valence-electron chi connectivity index (χ2n) is 5.88. The lowest BCUT2D eigenvalue weighted by Crippen LogP contribution is -2.12. The highest BCUT2D eigenvalue weighted by molar-refractivity contribution is 6.05. The Kier molecular flexibility index (Phi) is 5.47. The number of carbonyl (C=O) groups excluding carboxylic acids is 2. The first-order chi connectivity index (χ1) is 13.0. The number of pyridine rings is 1. The van der Waals surface area contributed by atoms with Crippen molar-refractivity contribution < 1.29 is 14.3 Å². The van der Waals surface area contributed by atoms with Gasteiger partial charge in [0.25, 0.3) is 5.91 Å². The molecule has 0 atom stereocenters. The van der Waals surface area contributed by atoms with E-state index in [9.17, 15) is 9.59 Å². The third-order valence-electron chi connectivity index (χ3n) is 3.89. The van der Waals surface area contributed by atoms with Gasteiger partial charge in [0, 0.05) is 29.2 Å². The van der Waals surface area contributed by atoms with E-state index >= 15 is 0 Å². The number of Topliss-reactive ketones (excluding diaryl/α,β-unsaturated/α-hetero) is 1. The number of methoxy groups -OCH3 is 1. The highest BCUT2D eigenvalue weighted by Gasteiger charge is 2.08. The van der Waals surface area contributed by atoms with Crippen molar-refractivity contribution in [1.29, 1.82) is 0 Å². The molecule has 0 saturated carbocycles. The number of nitrogens with zero attached hydrogens (tertiary/aromatic N) is 1. The highest BCUT2D eigenvalue weighted by Crippen LogP contribution is 2.20. The van der Waals surface area contributed by atoms with Gasteiger partial charge in [0.1, 0.15) is 11.6 Å². The molecule has 0 spiro atoms. The van der Waals surface area contributed by atoms with Gasteiger partial charge in [-0.15, -0.1) is 0 Å². The van der Waals surface area contributed by atoms with E-state index in [0.717, 1.165) is 11.4 Å². The smallest absolute Gasteiger partial charge is 0.257 e. The summed E-state index contributed by atoms with van der Waals surface area (Å²) < 4.78 is 5.19. The molecule has 1 amide bonds. The minimum absolute atomic E-state index is 0.0549. The van der Waals surface area contributed by atoms with E-state index in [1.165, 1.54) is 13.1 Å². The molecule has 136 valence electrons. The van der Waals surface area contributed by atoms with Crippen LogP contribution in [0, 0.1) is 0 Å². The van der Waals surface area contributed by atoms with Crippen LogP contribution < -0.4 is 15.4 Å². The van der Waals surface area contributed by atoms with Gasteiger partial charge in [0.15, 0.2) is 5.78 Å². The minimum Gasteiger partial charge on any atom is -0.497 e. The molecule has 0 saturated heterocycles. The van der Waals surface area contributed by atoms with Crippen molar-refractivity contribution in [3.05, 3.63) is 78.0 Å². The van der Waals surface area contributed by atoms with E-state index in [-0.39, 0.29) is 11.7 Å². The summed E-state index contributed by atoms with van der Waals surface area (Å²) in [5.41, 5.74) is 2.36. The van der Waals surface area contributed by atoms with Gasteiger partial charge in [-0.1, -0.05) is 18.2 Å². The summed E-state index contributed by atoms with van der Waals surface area (Å²) in [6.07, 6.45) is 1.49. The SMILES string of the molecule is COc1cccc(Nc2ccc(C(=O)Nc3cccc(C(C)=O)c3)cn2)c1. The van der Waals surface area contributed by atoms with Gasteiger partial charge in [-0.25, -0.2) is 4.98 Å². The Bertz CT molecular complexity index is 968. The molecule has 0 aliphatic rings. The summed E-state index contributed by atoms with van der Waals surface area (Å²) in [5, 5.41) is 5.92. The van der Waals surface area contributed by atoms with Crippen LogP contribution in [0.3, 0.4) is 0 Å². The normalized spacial score (nSPS) is 10.1. The fraction of sp³-hybridized carbons (Fsp3) is 0.0952. The second kappa shape index (κ2) is 8.14. The maximum atomic E-state index is 12.4. The van der Waals surface area contributed by atoms with Gasteiger partial charge < -0.3 is 15.4 Å². The van der Waals surface area contributed by atoms with E-state index in [1.54, 1.807) is 43.5 Å². The molecular weight excluding hydrogens is 342 g/mol. The Morgan fingerprint density at radius 3 is 2.41 bits per heavy atom. The monoisotopic (exact) mass is 361 g/mol. The van der Waals surface area contributed by atoms with Crippen molar-refractivity contribution in [2.24, 2.45) is 0 Å². The highest BCUT2D eigenvalue weighted by atomic mass is 16.5. The molecule has 2 aromatic carbocycles. The number of benzene rings is 2. The van der Waals surface area contributed by atoms with Crippen LogP contribution >= 0.6 is 0 Å². The average molecular weight is 361 g/mol. The van der Waals surface area contributed by atoms with Crippen LogP contribution in [0.2, 0.25) is 0 Å². The van der Waals surface area contributed by atoms with Gasteiger partial charge in [-0.05, 0) is 43.3 Å². The van der Waals surface area contributed by atoms with Crippen molar-refractivity contribution in [3.8, 4) is 5.75 Å². The van der Waals surface area contributed by atoms with E-state index in [0.29, 0.717) is 22.6 Å². The second-order valence-corrected chi connectivity index (χ2v) is 5.88. The van der Waals surface area contributed by atoms with Crippen molar-refractivity contribution in [2.45, 2.75) is 6.92 Å². The number of hydrogen-bond donors (Lipinski definition) is 2. The van der Waals surface area contributed by atoms with E-state index in [2.05, 4.69) is 15.6 Å². The van der Waals surface area contributed by atoms with Crippen LogP contribution in [0.25, 0.3) is 0 Å². The topological polar surface area (TPSA) is 80.3 Å².